The Kier molecular flexibility index (Phi) is 4.51. The molecule has 0 radical (unpaired) electrons. The second-order valence-corrected chi connectivity index (χ2v) is 5.50. The van der Waals surface area contributed by atoms with Crippen molar-refractivity contribution in [1.82, 2.24) is 5.32 Å². The molecule has 1 atom stereocenters. The molecule has 0 aliphatic heterocycles. The highest BCUT2D eigenvalue weighted by atomic mass is 35.5. The van der Waals surface area contributed by atoms with Crippen LogP contribution in [0.15, 0.2) is 36.4 Å². The fourth-order valence-corrected chi connectivity index (χ4v) is 2.60. The minimum atomic E-state index is 0.0943. The lowest BCUT2D eigenvalue weighted by Crippen LogP contribution is -2.18. The first kappa shape index (κ1) is 14.4. The number of aryl methyl sites for hydroxylation is 1. The van der Waals surface area contributed by atoms with Crippen LogP contribution in [0.4, 0.5) is 0 Å². The van der Waals surface area contributed by atoms with Gasteiger partial charge in [0.25, 0.3) is 0 Å². The fraction of sp³-hybridized carbons (Fsp3) is 0.250. The monoisotopic (exact) mass is 293 g/mol. The summed E-state index contributed by atoms with van der Waals surface area (Å²) in [5.74, 6) is 0. The van der Waals surface area contributed by atoms with Crippen LogP contribution >= 0.6 is 23.2 Å². The van der Waals surface area contributed by atoms with Crippen molar-refractivity contribution < 1.29 is 0 Å². The quantitative estimate of drug-likeness (QED) is 0.847. The van der Waals surface area contributed by atoms with Crippen molar-refractivity contribution in [3.05, 3.63) is 68.7 Å². The molecule has 0 saturated heterocycles. The third kappa shape index (κ3) is 2.94. The predicted molar refractivity (Wildman–Crippen MR) is 83.3 cm³/mol. The molecule has 1 N–H and O–H groups in total. The minimum Gasteiger partial charge on any atom is -0.309 e. The summed E-state index contributed by atoms with van der Waals surface area (Å²) in [7, 11) is 1.94. The zero-order chi connectivity index (χ0) is 14.0. The van der Waals surface area contributed by atoms with Gasteiger partial charge in [-0.1, -0.05) is 47.5 Å². The van der Waals surface area contributed by atoms with Gasteiger partial charge < -0.3 is 5.32 Å². The summed E-state index contributed by atoms with van der Waals surface area (Å²) in [6.07, 6.45) is 0. The lowest BCUT2D eigenvalue weighted by atomic mass is 9.94. The van der Waals surface area contributed by atoms with Gasteiger partial charge in [0.05, 0.1) is 6.04 Å². The summed E-state index contributed by atoms with van der Waals surface area (Å²) >= 11 is 12.4. The molecule has 19 heavy (non-hydrogen) atoms. The van der Waals surface area contributed by atoms with Crippen LogP contribution in [-0.4, -0.2) is 7.05 Å². The molecule has 100 valence electrons. The largest absolute Gasteiger partial charge is 0.309 e. The molecule has 2 aromatic rings. The van der Waals surface area contributed by atoms with E-state index in [2.05, 4.69) is 17.4 Å². The average Bonchev–Trinajstić information content (AvgIpc) is 2.39. The zero-order valence-corrected chi connectivity index (χ0v) is 12.8. The van der Waals surface area contributed by atoms with Gasteiger partial charge in [-0.25, -0.2) is 0 Å². The van der Waals surface area contributed by atoms with Crippen molar-refractivity contribution in [3.8, 4) is 0 Å². The Hall–Kier alpha value is -1.02. The second kappa shape index (κ2) is 5.96. The highest BCUT2D eigenvalue weighted by molar-refractivity contribution is 6.31. The molecule has 2 aromatic carbocycles. The Morgan fingerprint density at radius 3 is 2.37 bits per heavy atom. The molecular formula is C16H17Cl2N. The zero-order valence-electron chi connectivity index (χ0n) is 11.3. The summed E-state index contributed by atoms with van der Waals surface area (Å²) in [6, 6.07) is 12.2. The fourth-order valence-electron chi connectivity index (χ4n) is 2.23. The van der Waals surface area contributed by atoms with Crippen molar-refractivity contribution in [2.45, 2.75) is 19.9 Å². The van der Waals surface area contributed by atoms with Crippen LogP contribution in [0.5, 0.6) is 0 Å². The van der Waals surface area contributed by atoms with E-state index < -0.39 is 0 Å². The van der Waals surface area contributed by atoms with Crippen LogP contribution in [0.3, 0.4) is 0 Å². The third-order valence-corrected chi connectivity index (χ3v) is 4.26. The molecule has 0 aliphatic carbocycles. The van der Waals surface area contributed by atoms with Crippen LogP contribution in [0, 0.1) is 13.8 Å². The summed E-state index contributed by atoms with van der Waals surface area (Å²) in [5, 5.41) is 4.91. The third-order valence-electron chi connectivity index (χ3n) is 3.44. The van der Waals surface area contributed by atoms with E-state index in [1.54, 1.807) is 0 Å². The van der Waals surface area contributed by atoms with Gasteiger partial charge >= 0.3 is 0 Å². The maximum absolute atomic E-state index is 6.22. The van der Waals surface area contributed by atoms with E-state index in [0.29, 0.717) is 0 Å². The molecule has 0 bridgehead atoms. The topological polar surface area (TPSA) is 12.0 Å². The van der Waals surface area contributed by atoms with Gasteiger partial charge in [0.1, 0.15) is 0 Å². The highest BCUT2D eigenvalue weighted by Crippen LogP contribution is 2.30. The van der Waals surface area contributed by atoms with Crippen LogP contribution in [-0.2, 0) is 0 Å². The van der Waals surface area contributed by atoms with E-state index in [-0.39, 0.29) is 6.04 Å². The molecule has 0 spiro atoms. The van der Waals surface area contributed by atoms with Gasteiger partial charge in [-0.15, -0.1) is 0 Å². The number of benzene rings is 2. The Balaban J connectivity index is 2.50. The highest BCUT2D eigenvalue weighted by Gasteiger charge is 2.16. The first-order valence-electron chi connectivity index (χ1n) is 6.23. The Morgan fingerprint density at radius 1 is 1.00 bits per heavy atom. The SMILES string of the molecule is CNC(c1ccc(C)c(Cl)c1)c1cccc(Cl)c1C. The molecule has 0 heterocycles. The van der Waals surface area contributed by atoms with E-state index in [0.717, 1.165) is 26.7 Å². The molecule has 3 heteroatoms. The molecule has 0 aromatic heterocycles. The van der Waals surface area contributed by atoms with E-state index in [1.807, 2.05) is 45.2 Å². The molecule has 1 unspecified atom stereocenters. The molecule has 0 amide bonds. The first-order chi connectivity index (χ1) is 9.04. The number of rotatable bonds is 3. The minimum absolute atomic E-state index is 0.0943. The lowest BCUT2D eigenvalue weighted by Gasteiger charge is -2.20. The molecule has 0 aliphatic rings. The number of hydrogen-bond acceptors (Lipinski definition) is 1. The molecule has 0 fully saturated rings. The normalized spacial score (nSPS) is 12.5. The smallest absolute Gasteiger partial charge is 0.0577 e. The van der Waals surface area contributed by atoms with Crippen molar-refractivity contribution >= 4 is 23.2 Å². The average molecular weight is 294 g/mol. The maximum Gasteiger partial charge on any atom is 0.0577 e. The Bertz CT molecular complexity index is 593. The van der Waals surface area contributed by atoms with Crippen molar-refractivity contribution in [2.24, 2.45) is 0 Å². The van der Waals surface area contributed by atoms with Gasteiger partial charge in [-0.3, -0.25) is 0 Å². The number of nitrogens with one attached hydrogen (secondary N) is 1. The van der Waals surface area contributed by atoms with Crippen LogP contribution < -0.4 is 5.32 Å². The summed E-state index contributed by atoms with van der Waals surface area (Å²) in [4.78, 5) is 0. The summed E-state index contributed by atoms with van der Waals surface area (Å²) in [5.41, 5.74) is 4.50. The molecule has 0 saturated carbocycles. The Morgan fingerprint density at radius 2 is 1.74 bits per heavy atom. The molecule has 1 nitrogen and oxygen atoms in total. The predicted octanol–water partition coefficient (Wildman–Crippen LogP) is 4.92. The maximum atomic E-state index is 6.22. The van der Waals surface area contributed by atoms with E-state index in [4.69, 9.17) is 23.2 Å². The second-order valence-electron chi connectivity index (χ2n) is 4.68. The van der Waals surface area contributed by atoms with E-state index >= 15 is 0 Å². The van der Waals surface area contributed by atoms with Gasteiger partial charge in [0.2, 0.25) is 0 Å². The van der Waals surface area contributed by atoms with E-state index in [9.17, 15) is 0 Å². The molecular weight excluding hydrogens is 277 g/mol. The van der Waals surface area contributed by atoms with Crippen molar-refractivity contribution in [3.63, 3.8) is 0 Å². The van der Waals surface area contributed by atoms with Crippen molar-refractivity contribution in [2.75, 3.05) is 7.05 Å². The lowest BCUT2D eigenvalue weighted by molar-refractivity contribution is 0.687. The summed E-state index contributed by atoms with van der Waals surface area (Å²) in [6.45, 7) is 4.04. The van der Waals surface area contributed by atoms with Gasteiger partial charge in [0.15, 0.2) is 0 Å². The summed E-state index contributed by atoms with van der Waals surface area (Å²) < 4.78 is 0. The number of halogens is 2. The number of hydrogen-bond donors (Lipinski definition) is 1. The van der Waals surface area contributed by atoms with Gasteiger partial charge in [0, 0.05) is 10.0 Å². The van der Waals surface area contributed by atoms with Gasteiger partial charge in [-0.2, -0.15) is 0 Å². The van der Waals surface area contributed by atoms with E-state index in [1.165, 1.54) is 5.56 Å². The van der Waals surface area contributed by atoms with Crippen LogP contribution in [0.25, 0.3) is 0 Å². The first-order valence-corrected chi connectivity index (χ1v) is 6.98. The van der Waals surface area contributed by atoms with Crippen molar-refractivity contribution in [1.29, 1.82) is 0 Å². The Labute approximate surface area is 124 Å². The molecule has 2 rings (SSSR count). The van der Waals surface area contributed by atoms with Gasteiger partial charge in [-0.05, 0) is 55.3 Å². The van der Waals surface area contributed by atoms with Crippen LogP contribution in [0.1, 0.15) is 28.3 Å². The standard InChI is InChI=1S/C16H17Cl2N/c1-10-7-8-12(9-15(10)18)16(19-3)13-5-4-6-14(17)11(13)2/h4-9,16,19H,1-3H3. The van der Waals surface area contributed by atoms with Crippen LogP contribution in [0.2, 0.25) is 10.0 Å².